The molecule has 0 radical (unpaired) electrons. The molecule has 0 saturated heterocycles. The summed E-state index contributed by atoms with van der Waals surface area (Å²) in [6.45, 7) is 0. The fourth-order valence-electron chi connectivity index (χ4n) is 2.27. The van der Waals surface area contributed by atoms with Crippen molar-refractivity contribution < 1.29 is 5.11 Å². The smallest absolute Gasteiger partial charge is 0.115 e. The Morgan fingerprint density at radius 2 is 1.76 bits per heavy atom. The molecule has 1 heterocycles. The number of hydrogen-bond donors (Lipinski definition) is 1. The number of nitrogens with zero attached hydrogens (tertiary/aromatic N) is 3. The Morgan fingerprint density at radius 3 is 2.43 bits per heavy atom. The van der Waals surface area contributed by atoms with Crippen LogP contribution in [0.4, 0.5) is 11.4 Å². The second-order valence-corrected chi connectivity index (χ2v) is 5.00. The lowest BCUT2D eigenvalue weighted by Crippen LogP contribution is -2.09. The number of benzene rings is 2. The van der Waals surface area contributed by atoms with Crippen molar-refractivity contribution in [2.75, 3.05) is 11.9 Å². The Kier molecular flexibility index (Phi) is 3.36. The molecule has 2 aromatic carbocycles. The minimum absolute atomic E-state index is 0.273. The number of rotatable bonds is 3. The van der Waals surface area contributed by atoms with E-state index in [-0.39, 0.29) is 5.75 Å². The average molecular weight is 279 g/mol. The SMILES string of the molecule is CN(c1ccc(O)cc1)c1cccc(-c2ccn(C)n2)c1. The molecule has 3 rings (SSSR count). The highest BCUT2D eigenvalue weighted by atomic mass is 16.3. The van der Waals surface area contributed by atoms with Gasteiger partial charge in [0, 0.05) is 37.2 Å². The molecule has 0 bridgehead atoms. The molecule has 0 aliphatic carbocycles. The molecule has 0 aliphatic heterocycles. The Balaban J connectivity index is 1.94. The summed E-state index contributed by atoms with van der Waals surface area (Å²) >= 11 is 0. The van der Waals surface area contributed by atoms with E-state index in [0.29, 0.717) is 0 Å². The molecule has 0 amide bonds. The number of hydrogen-bond acceptors (Lipinski definition) is 3. The lowest BCUT2D eigenvalue weighted by molar-refractivity contribution is 0.475. The maximum absolute atomic E-state index is 9.38. The van der Waals surface area contributed by atoms with E-state index >= 15 is 0 Å². The minimum atomic E-state index is 0.273. The number of phenols is 1. The molecule has 0 unspecified atom stereocenters. The van der Waals surface area contributed by atoms with Crippen molar-refractivity contribution in [1.29, 1.82) is 0 Å². The van der Waals surface area contributed by atoms with Gasteiger partial charge < -0.3 is 10.0 Å². The highest BCUT2D eigenvalue weighted by molar-refractivity contribution is 5.70. The van der Waals surface area contributed by atoms with Crippen LogP contribution in [0.15, 0.2) is 60.8 Å². The van der Waals surface area contributed by atoms with Crippen LogP contribution in [0, 0.1) is 0 Å². The first-order valence-electron chi connectivity index (χ1n) is 6.76. The van der Waals surface area contributed by atoms with Gasteiger partial charge in [-0.2, -0.15) is 5.10 Å². The van der Waals surface area contributed by atoms with Crippen LogP contribution in [0.3, 0.4) is 0 Å². The highest BCUT2D eigenvalue weighted by Gasteiger charge is 2.07. The van der Waals surface area contributed by atoms with Gasteiger partial charge in [0.05, 0.1) is 5.69 Å². The topological polar surface area (TPSA) is 41.3 Å². The third-order valence-electron chi connectivity index (χ3n) is 3.48. The summed E-state index contributed by atoms with van der Waals surface area (Å²) in [7, 11) is 3.92. The van der Waals surface area contributed by atoms with Crippen LogP contribution in [0.1, 0.15) is 0 Å². The van der Waals surface area contributed by atoms with Gasteiger partial charge in [-0.15, -0.1) is 0 Å². The number of phenolic OH excluding ortho intramolecular Hbond substituents is 1. The van der Waals surface area contributed by atoms with Crippen molar-refractivity contribution in [3.05, 3.63) is 60.8 Å². The number of aromatic hydroxyl groups is 1. The first kappa shape index (κ1) is 13.2. The molecule has 0 aliphatic rings. The molecule has 106 valence electrons. The highest BCUT2D eigenvalue weighted by Crippen LogP contribution is 2.28. The van der Waals surface area contributed by atoms with Gasteiger partial charge in [-0.1, -0.05) is 12.1 Å². The molecule has 21 heavy (non-hydrogen) atoms. The molecule has 1 N–H and O–H groups in total. The average Bonchev–Trinajstić information content (AvgIpc) is 2.94. The van der Waals surface area contributed by atoms with Gasteiger partial charge in [-0.3, -0.25) is 4.68 Å². The van der Waals surface area contributed by atoms with Crippen LogP contribution in [0.25, 0.3) is 11.3 Å². The van der Waals surface area contributed by atoms with Crippen molar-refractivity contribution in [2.24, 2.45) is 7.05 Å². The summed E-state index contributed by atoms with van der Waals surface area (Å²) in [5.74, 6) is 0.273. The summed E-state index contributed by atoms with van der Waals surface area (Å²) in [6, 6.07) is 17.4. The van der Waals surface area contributed by atoms with Crippen LogP contribution in [-0.2, 0) is 7.05 Å². The van der Waals surface area contributed by atoms with Crippen LogP contribution in [0.2, 0.25) is 0 Å². The zero-order chi connectivity index (χ0) is 14.8. The van der Waals surface area contributed by atoms with Crippen molar-refractivity contribution in [2.45, 2.75) is 0 Å². The first-order valence-corrected chi connectivity index (χ1v) is 6.76. The van der Waals surface area contributed by atoms with Crippen LogP contribution in [0.5, 0.6) is 5.75 Å². The third kappa shape index (κ3) is 2.74. The molecule has 0 atom stereocenters. The van der Waals surface area contributed by atoms with Gasteiger partial charge in [-0.25, -0.2) is 0 Å². The molecule has 0 saturated carbocycles. The Morgan fingerprint density at radius 1 is 1.00 bits per heavy atom. The van der Waals surface area contributed by atoms with Crippen molar-refractivity contribution in [3.8, 4) is 17.0 Å². The quantitative estimate of drug-likeness (QED) is 0.797. The summed E-state index contributed by atoms with van der Waals surface area (Å²) < 4.78 is 1.80. The van der Waals surface area contributed by atoms with Crippen LogP contribution in [-0.4, -0.2) is 21.9 Å². The molecule has 3 aromatic rings. The van der Waals surface area contributed by atoms with E-state index in [1.165, 1.54) is 0 Å². The molecule has 1 aromatic heterocycles. The molecule has 4 heteroatoms. The van der Waals surface area contributed by atoms with E-state index in [1.54, 1.807) is 16.8 Å². The second kappa shape index (κ2) is 5.32. The maximum atomic E-state index is 9.38. The monoisotopic (exact) mass is 279 g/mol. The largest absolute Gasteiger partial charge is 0.508 e. The first-order chi connectivity index (χ1) is 10.1. The minimum Gasteiger partial charge on any atom is -0.508 e. The summed E-state index contributed by atoms with van der Waals surface area (Å²) in [6.07, 6.45) is 1.94. The Bertz CT molecular complexity index is 747. The van der Waals surface area contributed by atoms with E-state index in [4.69, 9.17) is 0 Å². The summed E-state index contributed by atoms with van der Waals surface area (Å²) in [5, 5.41) is 13.8. The number of aromatic nitrogens is 2. The van der Waals surface area contributed by atoms with Gasteiger partial charge in [0.25, 0.3) is 0 Å². The predicted octanol–water partition coefficient (Wildman–Crippen LogP) is 3.56. The van der Waals surface area contributed by atoms with Gasteiger partial charge in [0.1, 0.15) is 5.75 Å². The number of anilines is 2. The van der Waals surface area contributed by atoms with Crippen molar-refractivity contribution in [1.82, 2.24) is 9.78 Å². The van der Waals surface area contributed by atoms with Gasteiger partial charge in [0.15, 0.2) is 0 Å². The lowest BCUT2D eigenvalue weighted by Gasteiger charge is -2.20. The molecule has 4 nitrogen and oxygen atoms in total. The molecule has 0 fully saturated rings. The zero-order valence-electron chi connectivity index (χ0n) is 12.1. The predicted molar refractivity (Wildman–Crippen MR) is 84.8 cm³/mol. The summed E-state index contributed by atoms with van der Waals surface area (Å²) in [4.78, 5) is 2.08. The van der Waals surface area contributed by atoms with E-state index in [1.807, 2.05) is 44.6 Å². The third-order valence-corrected chi connectivity index (χ3v) is 3.48. The fourth-order valence-corrected chi connectivity index (χ4v) is 2.27. The second-order valence-electron chi connectivity index (χ2n) is 5.00. The standard InChI is InChI=1S/C17H17N3O/c1-19-11-10-17(18-19)13-4-3-5-15(12-13)20(2)14-6-8-16(21)9-7-14/h3-12,21H,1-2H3. The molecule has 0 spiro atoms. The van der Waals surface area contributed by atoms with E-state index in [0.717, 1.165) is 22.6 Å². The maximum Gasteiger partial charge on any atom is 0.115 e. The summed E-state index contributed by atoms with van der Waals surface area (Å²) in [5.41, 5.74) is 4.13. The Hall–Kier alpha value is -2.75. The van der Waals surface area contributed by atoms with Gasteiger partial charge >= 0.3 is 0 Å². The van der Waals surface area contributed by atoms with E-state index in [9.17, 15) is 5.11 Å². The van der Waals surface area contributed by atoms with Crippen LogP contribution >= 0.6 is 0 Å². The van der Waals surface area contributed by atoms with Crippen molar-refractivity contribution in [3.63, 3.8) is 0 Å². The normalized spacial score (nSPS) is 10.6. The molecular weight excluding hydrogens is 262 g/mol. The van der Waals surface area contributed by atoms with E-state index in [2.05, 4.69) is 28.2 Å². The van der Waals surface area contributed by atoms with Crippen molar-refractivity contribution >= 4 is 11.4 Å². The Labute approximate surface area is 123 Å². The molecular formula is C17H17N3O. The lowest BCUT2D eigenvalue weighted by atomic mass is 10.1. The fraction of sp³-hybridized carbons (Fsp3) is 0.118. The number of aryl methyl sites for hydroxylation is 1. The van der Waals surface area contributed by atoms with Gasteiger partial charge in [0.2, 0.25) is 0 Å². The van der Waals surface area contributed by atoms with Crippen LogP contribution < -0.4 is 4.90 Å². The van der Waals surface area contributed by atoms with Gasteiger partial charge in [-0.05, 0) is 42.5 Å². The van der Waals surface area contributed by atoms with E-state index < -0.39 is 0 Å². The zero-order valence-corrected chi connectivity index (χ0v) is 12.1.